The van der Waals surface area contributed by atoms with Crippen LogP contribution in [0.25, 0.3) is 11.0 Å². The highest BCUT2D eigenvalue weighted by Crippen LogP contribution is 2.34. The highest BCUT2D eigenvalue weighted by atomic mass is 35.5. The van der Waals surface area contributed by atoms with Crippen molar-refractivity contribution < 1.29 is 9.52 Å². The summed E-state index contributed by atoms with van der Waals surface area (Å²) in [7, 11) is 1.79. The SMILES string of the molecule is CNC(CO)C(C)(Cl)c1ccc2occc2c1. The molecule has 2 rings (SSSR count). The lowest BCUT2D eigenvalue weighted by molar-refractivity contribution is 0.222. The Hall–Kier alpha value is -1.03. The molecule has 17 heavy (non-hydrogen) atoms. The predicted molar refractivity (Wildman–Crippen MR) is 69.4 cm³/mol. The van der Waals surface area contributed by atoms with Crippen molar-refractivity contribution in [2.24, 2.45) is 0 Å². The fourth-order valence-corrected chi connectivity index (χ4v) is 2.30. The van der Waals surface area contributed by atoms with Gasteiger partial charge in [0.1, 0.15) is 5.58 Å². The van der Waals surface area contributed by atoms with Crippen LogP contribution in [0.1, 0.15) is 12.5 Å². The summed E-state index contributed by atoms with van der Waals surface area (Å²) in [5.41, 5.74) is 1.80. The van der Waals surface area contributed by atoms with E-state index < -0.39 is 4.87 Å². The summed E-state index contributed by atoms with van der Waals surface area (Å²) < 4.78 is 5.29. The monoisotopic (exact) mass is 253 g/mol. The van der Waals surface area contributed by atoms with Crippen molar-refractivity contribution in [3.8, 4) is 0 Å². The number of hydrogen-bond donors (Lipinski definition) is 2. The average molecular weight is 254 g/mol. The van der Waals surface area contributed by atoms with E-state index in [1.165, 1.54) is 0 Å². The largest absolute Gasteiger partial charge is 0.464 e. The minimum Gasteiger partial charge on any atom is -0.464 e. The van der Waals surface area contributed by atoms with Crippen LogP contribution in [-0.2, 0) is 4.87 Å². The van der Waals surface area contributed by atoms with Crippen molar-refractivity contribution in [3.05, 3.63) is 36.1 Å². The maximum absolute atomic E-state index is 9.33. The van der Waals surface area contributed by atoms with Crippen LogP contribution in [0.5, 0.6) is 0 Å². The van der Waals surface area contributed by atoms with Crippen LogP contribution < -0.4 is 5.32 Å². The third kappa shape index (κ3) is 2.18. The lowest BCUT2D eigenvalue weighted by atomic mass is 9.92. The van der Waals surface area contributed by atoms with Gasteiger partial charge in [-0.15, -0.1) is 11.6 Å². The molecule has 1 heterocycles. The van der Waals surface area contributed by atoms with Crippen molar-refractivity contribution in [3.63, 3.8) is 0 Å². The van der Waals surface area contributed by atoms with Crippen LogP contribution in [0.4, 0.5) is 0 Å². The summed E-state index contributed by atoms with van der Waals surface area (Å²) in [6, 6.07) is 7.52. The van der Waals surface area contributed by atoms with Gasteiger partial charge in [-0.25, -0.2) is 0 Å². The molecule has 0 amide bonds. The molecule has 1 aromatic carbocycles. The average Bonchev–Trinajstić information content (AvgIpc) is 2.77. The highest BCUT2D eigenvalue weighted by Gasteiger charge is 2.32. The number of nitrogens with one attached hydrogen (secondary N) is 1. The van der Waals surface area contributed by atoms with Crippen LogP contribution in [0, 0.1) is 0 Å². The second-order valence-electron chi connectivity index (χ2n) is 4.27. The first kappa shape index (κ1) is 12.4. The van der Waals surface area contributed by atoms with Crippen molar-refractivity contribution in [1.29, 1.82) is 0 Å². The third-order valence-corrected chi connectivity index (χ3v) is 3.68. The third-order valence-electron chi connectivity index (χ3n) is 3.20. The van der Waals surface area contributed by atoms with Crippen molar-refractivity contribution in [2.75, 3.05) is 13.7 Å². The van der Waals surface area contributed by atoms with E-state index in [9.17, 15) is 5.11 Å². The number of halogens is 1. The topological polar surface area (TPSA) is 45.4 Å². The van der Waals surface area contributed by atoms with E-state index in [-0.39, 0.29) is 12.6 Å². The maximum atomic E-state index is 9.33. The molecule has 3 nitrogen and oxygen atoms in total. The number of aliphatic hydroxyl groups is 1. The van der Waals surface area contributed by atoms with Gasteiger partial charge in [0, 0.05) is 5.39 Å². The fourth-order valence-electron chi connectivity index (χ4n) is 2.01. The number of furan rings is 1. The van der Waals surface area contributed by atoms with E-state index in [1.807, 2.05) is 31.2 Å². The number of aliphatic hydroxyl groups excluding tert-OH is 1. The molecule has 0 aliphatic carbocycles. The first-order chi connectivity index (χ1) is 8.09. The number of rotatable bonds is 4. The first-order valence-corrected chi connectivity index (χ1v) is 5.92. The maximum Gasteiger partial charge on any atom is 0.133 e. The second kappa shape index (κ2) is 4.69. The highest BCUT2D eigenvalue weighted by molar-refractivity contribution is 6.24. The smallest absolute Gasteiger partial charge is 0.133 e. The molecule has 0 aliphatic heterocycles. The van der Waals surface area contributed by atoms with Gasteiger partial charge < -0.3 is 14.8 Å². The summed E-state index contributed by atoms with van der Waals surface area (Å²) in [6.07, 6.45) is 1.65. The van der Waals surface area contributed by atoms with E-state index in [2.05, 4.69) is 5.32 Å². The number of fused-ring (bicyclic) bond motifs is 1. The van der Waals surface area contributed by atoms with E-state index in [0.717, 1.165) is 16.5 Å². The first-order valence-electron chi connectivity index (χ1n) is 5.54. The molecule has 0 saturated carbocycles. The van der Waals surface area contributed by atoms with Gasteiger partial charge >= 0.3 is 0 Å². The number of alkyl halides is 1. The molecular formula is C13H16ClNO2. The number of likely N-dealkylation sites (N-methyl/N-ethyl adjacent to an activating group) is 1. The summed E-state index contributed by atoms with van der Waals surface area (Å²) in [4.78, 5) is -0.658. The van der Waals surface area contributed by atoms with Crippen LogP contribution >= 0.6 is 11.6 Å². The van der Waals surface area contributed by atoms with Crippen LogP contribution in [0.2, 0.25) is 0 Å². The van der Waals surface area contributed by atoms with Gasteiger partial charge in [-0.2, -0.15) is 0 Å². The van der Waals surface area contributed by atoms with Gasteiger partial charge in [0.2, 0.25) is 0 Å². The lowest BCUT2D eigenvalue weighted by Gasteiger charge is -2.31. The lowest BCUT2D eigenvalue weighted by Crippen LogP contribution is -2.44. The Morgan fingerprint density at radius 1 is 1.47 bits per heavy atom. The van der Waals surface area contributed by atoms with E-state index in [1.54, 1.807) is 13.3 Å². The Bertz CT molecular complexity index is 503. The molecule has 0 bridgehead atoms. The Kier molecular flexibility index (Phi) is 3.43. The zero-order valence-electron chi connectivity index (χ0n) is 9.90. The van der Waals surface area contributed by atoms with Gasteiger partial charge in [-0.05, 0) is 37.7 Å². The van der Waals surface area contributed by atoms with Crippen molar-refractivity contribution in [1.82, 2.24) is 5.32 Å². The fraction of sp³-hybridized carbons (Fsp3) is 0.385. The Morgan fingerprint density at radius 3 is 2.88 bits per heavy atom. The van der Waals surface area contributed by atoms with Crippen molar-refractivity contribution in [2.45, 2.75) is 17.8 Å². The normalized spacial score (nSPS) is 16.9. The van der Waals surface area contributed by atoms with E-state index in [0.29, 0.717) is 0 Å². The van der Waals surface area contributed by atoms with Gasteiger partial charge in [0.15, 0.2) is 0 Å². The molecule has 1 aromatic heterocycles. The molecule has 0 saturated heterocycles. The van der Waals surface area contributed by atoms with Crippen molar-refractivity contribution >= 4 is 22.6 Å². The standard InChI is InChI=1S/C13H16ClNO2/c1-13(14,12(8-16)15-2)10-3-4-11-9(7-10)5-6-17-11/h3-7,12,15-16H,8H2,1-2H3. The minimum atomic E-state index is -0.658. The molecule has 0 aliphatic rings. The molecule has 2 unspecified atom stereocenters. The summed E-state index contributed by atoms with van der Waals surface area (Å²) in [5.74, 6) is 0. The minimum absolute atomic E-state index is 0.0140. The van der Waals surface area contributed by atoms with Gasteiger partial charge in [-0.3, -0.25) is 0 Å². The second-order valence-corrected chi connectivity index (χ2v) is 5.06. The van der Waals surface area contributed by atoms with Gasteiger partial charge in [-0.1, -0.05) is 6.07 Å². The number of hydrogen-bond acceptors (Lipinski definition) is 3. The van der Waals surface area contributed by atoms with Crippen LogP contribution in [0.15, 0.2) is 34.9 Å². The summed E-state index contributed by atoms with van der Waals surface area (Å²) >= 11 is 6.54. The zero-order chi connectivity index (χ0) is 12.5. The Morgan fingerprint density at radius 2 is 2.24 bits per heavy atom. The molecule has 2 atom stereocenters. The predicted octanol–water partition coefficient (Wildman–Crippen LogP) is 2.47. The molecule has 0 radical (unpaired) electrons. The Labute approximate surface area is 105 Å². The molecule has 0 fully saturated rings. The molecule has 0 spiro atoms. The molecular weight excluding hydrogens is 238 g/mol. The molecule has 4 heteroatoms. The van der Waals surface area contributed by atoms with E-state index >= 15 is 0 Å². The molecule has 2 N–H and O–H groups in total. The quantitative estimate of drug-likeness (QED) is 0.823. The number of benzene rings is 1. The van der Waals surface area contributed by atoms with Crippen LogP contribution in [0.3, 0.4) is 0 Å². The van der Waals surface area contributed by atoms with Crippen LogP contribution in [-0.4, -0.2) is 24.8 Å². The van der Waals surface area contributed by atoms with Gasteiger partial charge in [0.25, 0.3) is 0 Å². The van der Waals surface area contributed by atoms with E-state index in [4.69, 9.17) is 16.0 Å². The summed E-state index contributed by atoms with van der Waals surface area (Å²) in [5, 5.41) is 13.4. The summed E-state index contributed by atoms with van der Waals surface area (Å²) in [6.45, 7) is 1.88. The molecule has 92 valence electrons. The zero-order valence-corrected chi connectivity index (χ0v) is 10.7. The van der Waals surface area contributed by atoms with Gasteiger partial charge in [0.05, 0.1) is 23.8 Å². The molecule has 2 aromatic rings. The Balaban J connectivity index is 2.43.